The fraction of sp³-hybridized carbons (Fsp3) is 0.214. The zero-order chi connectivity index (χ0) is 13.7. The average Bonchev–Trinajstić information content (AvgIpc) is 2.48. The van der Waals surface area contributed by atoms with Gasteiger partial charge in [-0.2, -0.15) is 0 Å². The Balaban J connectivity index is 2.11. The van der Waals surface area contributed by atoms with Crippen molar-refractivity contribution >= 4 is 11.6 Å². The largest absolute Gasteiger partial charge is 0.481 e. The number of carbonyl (C=O) groups excluding carboxylic acids is 1. The number of rotatable bonds is 4. The van der Waals surface area contributed by atoms with Crippen molar-refractivity contribution in [3.8, 4) is 5.88 Å². The lowest BCUT2D eigenvalue weighted by molar-refractivity contribution is 0.102. The van der Waals surface area contributed by atoms with E-state index in [1.807, 2.05) is 24.3 Å². The molecule has 1 heterocycles. The van der Waals surface area contributed by atoms with E-state index in [0.717, 1.165) is 12.1 Å². The minimum absolute atomic E-state index is 0.270. The van der Waals surface area contributed by atoms with Crippen molar-refractivity contribution in [3.05, 3.63) is 47.9 Å². The van der Waals surface area contributed by atoms with Gasteiger partial charge >= 0.3 is 0 Å². The van der Waals surface area contributed by atoms with Gasteiger partial charge in [0.2, 0.25) is 5.88 Å². The van der Waals surface area contributed by atoms with Crippen LogP contribution in [0.3, 0.4) is 0 Å². The Bertz CT molecular complexity index is 567. The molecule has 5 nitrogen and oxygen atoms in total. The van der Waals surface area contributed by atoms with E-state index in [4.69, 9.17) is 4.74 Å². The van der Waals surface area contributed by atoms with Gasteiger partial charge in [-0.15, -0.1) is 0 Å². The topological polar surface area (TPSA) is 64.1 Å². The van der Waals surface area contributed by atoms with Crippen LogP contribution in [-0.2, 0) is 6.42 Å². The first-order valence-corrected chi connectivity index (χ1v) is 5.99. The lowest BCUT2D eigenvalue weighted by atomic mass is 10.1. The maximum atomic E-state index is 12.0. The van der Waals surface area contributed by atoms with Gasteiger partial charge in [0.1, 0.15) is 12.0 Å². The lowest BCUT2D eigenvalue weighted by Gasteiger charge is -2.06. The highest BCUT2D eigenvalue weighted by Gasteiger charge is 2.09. The standard InChI is InChI=1S/C14H15N3O2/c1-3-10-4-6-11(7-5-10)17-14(18)12-8-13(19-2)16-9-15-12/h4-9H,3H2,1-2H3,(H,17,18). The maximum absolute atomic E-state index is 12.0. The first kappa shape index (κ1) is 13.0. The molecule has 0 unspecified atom stereocenters. The van der Waals surface area contributed by atoms with E-state index in [9.17, 15) is 4.79 Å². The molecule has 5 heteroatoms. The first-order chi connectivity index (χ1) is 9.22. The van der Waals surface area contributed by atoms with Gasteiger partial charge in [-0.05, 0) is 24.1 Å². The van der Waals surface area contributed by atoms with Gasteiger partial charge in [0, 0.05) is 11.8 Å². The van der Waals surface area contributed by atoms with Gasteiger partial charge in [0.15, 0.2) is 0 Å². The van der Waals surface area contributed by atoms with Crippen molar-refractivity contribution in [1.82, 2.24) is 9.97 Å². The second kappa shape index (κ2) is 5.95. The van der Waals surface area contributed by atoms with Gasteiger partial charge in [-0.3, -0.25) is 4.79 Å². The lowest BCUT2D eigenvalue weighted by Crippen LogP contribution is -2.14. The fourth-order valence-corrected chi connectivity index (χ4v) is 1.59. The van der Waals surface area contributed by atoms with Crippen LogP contribution in [0.25, 0.3) is 0 Å². The number of aryl methyl sites for hydroxylation is 1. The number of aromatic nitrogens is 2. The first-order valence-electron chi connectivity index (χ1n) is 5.99. The SMILES string of the molecule is CCc1ccc(NC(=O)c2cc(OC)ncn2)cc1. The summed E-state index contributed by atoms with van der Waals surface area (Å²) >= 11 is 0. The summed E-state index contributed by atoms with van der Waals surface area (Å²) in [4.78, 5) is 19.8. The predicted molar refractivity (Wildman–Crippen MR) is 72.4 cm³/mol. The van der Waals surface area contributed by atoms with E-state index < -0.39 is 0 Å². The molecule has 0 aliphatic carbocycles. The molecular weight excluding hydrogens is 242 g/mol. The summed E-state index contributed by atoms with van der Waals surface area (Å²) in [5.74, 6) is 0.0754. The Morgan fingerprint density at radius 3 is 2.63 bits per heavy atom. The molecule has 0 aliphatic rings. The Morgan fingerprint density at radius 1 is 1.26 bits per heavy atom. The molecule has 1 N–H and O–H groups in total. The summed E-state index contributed by atoms with van der Waals surface area (Å²) in [6.45, 7) is 2.08. The summed E-state index contributed by atoms with van der Waals surface area (Å²) in [5.41, 5.74) is 2.23. The van der Waals surface area contributed by atoms with Crippen LogP contribution in [0.1, 0.15) is 23.0 Å². The number of hydrogen-bond acceptors (Lipinski definition) is 4. The zero-order valence-electron chi connectivity index (χ0n) is 10.9. The van der Waals surface area contributed by atoms with E-state index in [0.29, 0.717) is 5.88 Å². The highest BCUT2D eigenvalue weighted by molar-refractivity contribution is 6.02. The van der Waals surface area contributed by atoms with Crippen molar-refractivity contribution < 1.29 is 9.53 Å². The van der Waals surface area contributed by atoms with Crippen molar-refractivity contribution in [1.29, 1.82) is 0 Å². The van der Waals surface area contributed by atoms with Crippen LogP contribution in [-0.4, -0.2) is 23.0 Å². The van der Waals surface area contributed by atoms with E-state index in [2.05, 4.69) is 22.2 Å². The number of hydrogen-bond donors (Lipinski definition) is 1. The van der Waals surface area contributed by atoms with E-state index in [-0.39, 0.29) is 11.6 Å². The molecule has 0 atom stereocenters. The number of anilines is 1. The summed E-state index contributed by atoms with van der Waals surface area (Å²) in [6, 6.07) is 9.20. The Kier molecular flexibility index (Phi) is 4.07. The number of nitrogens with one attached hydrogen (secondary N) is 1. The van der Waals surface area contributed by atoms with Gasteiger partial charge in [-0.1, -0.05) is 19.1 Å². The molecule has 19 heavy (non-hydrogen) atoms. The van der Waals surface area contributed by atoms with Crippen LogP contribution in [0.2, 0.25) is 0 Å². The molecule has 0 bridgehead atoms. The van der Waals surface area contributed by atoms with Crippen molar-refractivity contribution in [3.63, 3.8) is 0 Å². The van der Waals surface area contributed by atoms with Crippen LogP contribution in [0.15, 0.2) is 36.7 Å². The van der Waals surface area contributed by atoms with Crippen LogP contribution < -0.4 is 10.1 Å². The summed E-state index contributed by atoms with van der Waals surface area (Å²) in [5, 5.41) is 2.78. The average molecular weight is 257 g/mol. The molecule has 98 valence electrons. The number of ether oxygens (including phenoxy) is 1. The second-order valence-electron chi connectivity index (χ2n) is 3.95. The maximum Gasteiger partial charge on any atom is 0.274 e. The molecule has 1 aromatic carbocycles. The molecule has 0 saturated heterocycles. The Morgan fingerprint density at radius 2 is 2.00 bits per heavy atom. The molecule has 0 fully saturated rings. The fourth-order valence-electron chi connectivity index (χ4n) is 1.59. The molecule has 2 aromatic rings. The minimum Gasteiger partial charge on any atom is -0.481 e. The molecule has 0 saturated carbocycles. The third kappa shape index (κ3) is 3.28. The molecule has 0 radical (unpaired) electrons. The quantitative estimate of drug-likeness (QED) is 0.912. The molecule has 2 rings (SSSR count). The van der Waals surface area contributed by atoms with Gasteiger partial charge < -0.3 is 10.1 Å². The number of benzene rings is 1. The number of amides is 1. The van der Waals surface area contributed by atoms with Gasteiger partial charge in [0.05, 0.1) is 7.11 Å². The van der Waals surface area contributed by atoms with Crippen LogP contribution in [0, 0.1) is 0 Å². The summed E-state index contributed by atoms with van der Waals surface area (Å²) in [7, 11) is 1.49. The van der Waals surface area contributed by atoms with Crippen LogP contribution in [0.5, 0.6) is 5.88 Å². The summed E-state index contributed by atoms with van der Waals surface area (Å²) < 4.78 is 4.95. The van der Waals surface area contributed by atoms with Gasteiger partial charge in [-0.25, -0.2) is 9.97 Å². The second-order valence-corrected chi connectivity index (χ2v) is 3.95. The van der Waals surface area contributed by atoms with Crippen molar-refractivity contribution in [2.45, 2.75) is 13.3 Å². The third-order valence-corrected chi connectivity index (χ3v) is 2.70. The van der Waals surface area contributed by atoms with E-state index >= 15 is 0 Å². The van der Waals surface area contributed by atoms with Crippen molar-refractivity contribution in [2.75, 3.05) is 12.4 Å². The highest BCUT2D eigenvalue weighted by atomic mass is 16.5. The minimum atomic E-state index is -0.287. The van der Waals surface area contributed by atoms with Crippen LogP contribution in [0.4, 0.5) is 5.69 Å². The third-order valence-electron chi connectivity index (χ3n) is 2.70. The number of nitrogens with zero attached hydrogens (tertiary/aromatic N) is 2. The van der Waals surface area contributed by atoms with Crippen molar-refractivity contribution in [2.24, 2.45) is 0 Å². The van der Waals surface area contributed by atoms with E-state index in [1.165, 1.54) is 25.1 Å². The Labute approximate surface area is 111 Å². The van der Waals surface area contributed by atoms with Crippen LogP contribution >= 0.6 is 0 Å². The smallest absolute Gasteiger partial charge is 0.274 e. The predicted octanol–water partition coefficient (Wildman–Crippen LogP) is 2.30. The molecule has 1 aromatic heterocycles. The monoisotopic (exact) mass is 257 g/mol. The van der Waals surface area contributed by atoms with E-state index in [1.54, 1.807) is 0 Å². The Hall–Kier alpha value is -2.43. The number of methoxy groups -OCH3 is 1. The molecule has 1 amide bonds. The zero-order valence-corrected chi connectivity index (χ0v) is 10.9. The summed E-state index contributed by atoms with van der Waals surface area (Å²) in [6.07, 6.45) is 2.27. The number of carbonyl (C=O) groups is 1. The molecule has 0 aliphatic heterocycles. The van der Waals surface area contributed by atoms with Gasteiger partial charge in [0.25, 0.3) is 5.91 Å². The highest BCUT2D eigenvalue weighted by Crippen LogP contribution is 2.12. The normalized spacial score (nSPS) is 10.0. The molecule has 0 spiro atoms. The molecular formula is C14H15N3O2.